The van der Waals surface area contributed by atoms with Gasteiger partial charge >= 0.3 is 0 Å². The second kappa shape index (κ2) is 2.80. The third kappa shape index (κ3) is 1.43. The number of hydrogen-bond donors (Lipinski definition) is 0. The third-order valence-electron chi connectivity index (χ3n) is 0.789. The van der Waals surface area contributed by atoms with Gasteiger partial charge in [0.15, 0.2) is 5.75 Å². The first kappa shape index (κ1) is 4.85. The molecule has 6 heavy (non-hydrogen) atoms. The molecule has 0 saturated carbocycles. The molecule has 0 unspecified atom stereocenters. The summed E-state index contributed by atoms with van der Waals surface area (Å²) in [6.45, 7) is 0. The van der Waals surface area contributed by atoms with Crippen LogP contribution in [0, 0.1) is 0 Å². The minimum atomic E-state index is 1.38. The van der Waals surface area contributed by atoms with Crippen LogP contribution in [-0.2, 0) is 10.8 Å². The zero-order valence-corrected chi connectivity index (χ0v) is 5.28. The molecule has 0 nitrogen and oxygen atoms in total. The van der Waals surface area contributed by atoms with Crippen molar-refractivity contribution in [2.45, 2.75) is 12.8 Å². The maximum atomic E-state index is 2.01. The van der Waals surface area contributed by atoms with Crippen LogP contribution in [0.1, 0.15) is 12.8 Å². The van der Waals surface area contributed by atoms with E-state index in [1.54, 1.807) is 0 Å². The molecule has 1 aliphatic rings. The van der Waals surface area contributed by atoms with Crippen LogP contribution >= 0.6 is 10.8 Å². The van der Waals surface area contributed by atoms with Gasteiger partial charge in [0, 0.05) is 5.75 Å². The van der Waals surface area contributed by atoms with Crippen LogP contribution in [-0.4, -0.2) is 11.5 Å². The Morgan fingerprint density at radius 1 is 1.33 bits per heavy atom. The van der Waals surface area contributed by atoms with Gasteiger partial charge in [-0.05, 0) is 12.8 Å². The summed E-state index contributed by atoms with van der Waals surface area (Å²) in [5.41, 5.74) is 0. The van der Waals surface area contributed by atoms with Crippen LogP contribution in [0.2, 0.25) is 0 Å². The average molecular weight is 120 g/mol. The molecule has 0 aromatic carbocycles. The van der Waals surface area contributed by atoms with E-state index in [1.165, 1.54) is 24.3 Å². The SMILES string of the molecule is C1CC[S+]SC1. The van der Waals surface area contributed by atoms with Crippen molar-refractivity contribution in [2.24, 2.45) is 0 Å². The lowest BCUT2D eigenvalue weighted by Crippen LogP contribution is -1.94. The first-order chi connectivity index (χ1) is 3.00. The molecule has 0 N–H and O–H groups in total. The largest absolute Gasteiger partial charge is 0.280 e. The van der Waals surface area contributed by atoms with Crippen LogP contribution in [0.4, 0.5) is 0 Å². The third-order valence-corrected chi connectivity index (χ3v) is 3.37. The van der Waals surface area contributed by atoms with Crippen molar-refractivity contribution in [1.82, 2.24) is 0 Å². The molecule has 1 saturated heterocycles. The summed E-state index contributed by atoms with van der Waals surface area (Å²) in [7, 11) is 4.02. The van der Waals surface area contributed by atoms with Gasteiger partial charge in [0.25, 0.3) is 10.8 Å². The Morgan fingerprint density at radius 3 is 2.50 bits per heavy atom. The summed E-state index contributed by atoms with van der Waals surface area (Å²) in [6.07, 6.45) is 2.88. The molecule has 0 aromatic rings. The Hall–Kier alpha value is 0.700. The highest BCUT2D eigenvalue weighted by molar-refractivity contribution is 8.66. The monoisotopic (exact) mass is 120 g/mol. The lowest BCUT2D eigenvalue weighted by Gasteiger charge is -1.91. The van der Waals surface area contributed by atoms with E-state index in [9.17, 15) is 0 Å². The number of rotatable bonds is 0. The quantitative estimate of drug-likeness (QED) is 0.351. The molecule has 0 bridgehead atoms. The first-order valence-electron chi connectivity index (χ1n) is 2.24. The fourth-order valence-electron chi connectivity index (χ4n) is 0.440. The van der Waals surface area contributed by atoms with E-state index >= 15 is 0 Å². The summed E-state index contributed by atoms with van der Waals surface area (Å²) >= 11 is 0. The first-order valence-corrected chi connectivity index (χ1v) is 4.73. The van der Waals surface area contributed by atoms with E-state index in [4.69, 9.17) is 0 Å². The molecule has 0 atom stereocenters. The number of hydrogen-bond acceptors (Lipinski definition) is 2. The van der Waals surface area contributed by atoms with Crippen molar-refractivity contribution >= 4 is 21.6 Å². The van der Waals surface area contributed by atoms with Gasteiger partial charge in [-0.3, -0.25) is 0 Å². The maximum Gasteiger partial charge on any atom is 0.280 e. The highest BCUT2D eigenvalue weighted by Gasteiger charge is 2.12. The molecule has 1 radical (unpaired) electrons. The lowest BCUT2D eigenvalue weighted by atomic mass is 10.4. The zero-order chi connectivity index (χ0) is 4.24. The average Bonchev–Trinajstić information content (AvgIpc) is 1.72. The lowest BCUT2D eigenvalue weighted by molar-refractivity contribution is 0.905. The van der Waals surface area contributed by atoms with Gasteiger partial charge in [-0.15, -0.1) is 0 Å². The van der Waals surface area contributed by atoms with E-state index in [1.807, 2.05) is 21.6 Å². The van der Waals surface area contributed by atoms with Gasteiger partial charge in [0.1, 0.15) is 10.8 Å². The Balaban J connectivity index is 2.00. The van der Waals surface area contributed by atoms with E-state index in [0.29, 0.717) is 0 Å². The van der Waals surface area contributed by atoms with Gasteiger partial charge < -0.3 is 0 Å². The molecular weight excluding hydrogens is 112 g/mol. The van der Waals surface area contributed by atoms with Gasteiger partial charge in [0.2, 0.25) is 0 Å². The predicted octanol–water partition coefficient (Wildman–Crippen LogP) is 1.51. The van der Waals surface area contributed by atoms with Crippen LogP contribution in [0.5, 0.6) is 0 Å². The Bertz CT molecular complexity index is 21.0. The van der Waals surface area contributed by atoms with Gasteiger partial charge in [-0.1, -0.05) is 0 Å². The Kier molecular flexibility index (Phi) is 2.27. The normalized spacial score (nSPS) is 24.0. The molecule has 1 fully saturated rings. The molecule has 1 aliphatic heterocycles. The van der Waals surface area contributed by atoms with E-state index in [-0.39, 0.29) is 0 Å². The van der Waals surface area contributed by atoms with Gasteiger partial charge in [-0.25, -0.2) is 0 Å². The van der Waals surface area contributed by atoms with Crippen LogP contribution in [0.25, 0.3) is 0 Å². The smallest absolute Gasteiger partial charge is 0.0348 e. The van der Waals surface area contributed by atoms with Crippen LogP contribution in [0.15, 0.2) is 0 Å². The van der Waals surface area contributed by atoms with E-state index in [2.05, 4.69) is 0 Å². The minimum absolute atomic E-state index is 1.38. The summed E-state index contributed by atoms with van der Waals surface area (Å²) in [4.78, 5) is 0. The molecule has 0 aromatic heterocycles. The molecule has 1 rings (SSSR count). The van der Waals surface area contributed by atoms with Crippen LogP contribution in [0.3, 0.4) is 0 Å². The van der Waals surface area contributed by atoms with Crippen molar-refractivity contribution in [3.63, 3.8) is 0 Å². The fraction of sp³-hybridized carbons (Fsp3) is 1.00. The molecule has 35 valence electrons. The highest BCUT2D eigenvalue weighted by atomic mass is 33.1. The van der Waals surface area contributed by atoms with Crippen LogP contribution < -0.4 is 0 Å². The van der Waals surface area contributed by atoms with Crippen molar-refractivity contribution in [3.8, 4) is 0 Å². The maximum absolute atomic E-state index is 2.01. The molecule has 0 spiro atoms. The fourth-order valence-corrected chi connectivity index (χ4v) is 2.73. The summed E-state index contributed by atoms with van der Waals surface area (Å²) in [5.74, 6) is 2.76. The zero-order valence-electron chi connectivity index (χ0n) is 3.64. The van der Waals surface area contributed by atoms with E-state index < -0.39 is 0 Å². The summed E-state index contributed by atoms with van der Waals surface area (Å²) in [5, 5.41) is 0. The Morgan fingerprint density at radius 2 is 2.33 bits per heavy atom. The topological polar surface area (TPSA) is 0 Å². The van der Waals surface area contributed by atoms with Gasteiger partial charge in [-0.2, -0.15) is 0 Å². The van der Waals surface area contributed by atoms with Crippen molar-refractivity contribution in [1.29, 1.82) is 0 Å². The molecule has 1 heterocycles. The van der Waals surface area contributed by atoms with Gasteiger partial charge in [0.05, 0.1) is 0 Å². The minimum Gasteiger partial charge on any atom is -0.0348 e. The predicted molar refractivity (Wildman–Crippen MR) is 33.9 cm³/mol. The van der Waals surface area contributed by atoms with E-state index in [0.717, 1.165) is 0 Å². The summed E-state index contributed by atoms with van der Waals surface area (Å²) in [6, 6.07) is 0. The molecule has 0 aliphatic carbocycles. The Labute approximate surface area is 46.5 Å². The second-order valence-corrected chi connectivity index (χ2v) is 4.05. The van der Waals surface area contributed by atoms with Crippen molar-refractivity contribution in [3.05, 3.63) is 0 Å². The van der Waals surface area contributed by atoms with Crippen molar-refractivity contribution < 1.29 is 0 Å². The molecule has 0 amide bonds. The summed E-state index contributed by atoms with van der Waals surface area (Å²) < 4.78 is 0. The highest BCUT2D eigenvalue weighted by Crippen LogP contribution is 2.13. The standard InChI is InChI=1S/C4H8S2/c1-2-4-6-5-3-1/h1-4H2/q+1. The molecule has 2 heteroatoms. The van der Waals surface area contributed by atoms with Crippen molar-refractivity contribution in [2.75, 3.05) is 11.5 Å². The second-order valence-electron chi connectivity index (χ2n) is 1.35. The molecular formula is C4H8S2+.